The SMILES string of the molecule is C[C@H](C(=O)N/N=C\c1c(F)cccc1Cl)N(c1ccc(Oc2ccccc2)cc1)S(C)(=O)=O. The van der Waals surface area contributed by atoms with Crippen LogP contribution in [-0.2, 0) is 14.8 Å². The van der Waals surface area contributed by atoms with Crippen molar-refractivity contribution in [2.75, 3.05) is 10.6 Å². The van der Waals surface area contributed by atoms with Crippen molar-refractivity contribution >= 4 is 39.4 Å². The Labute approximate surface area is 196 Å². The topological polar surface area (TPSA) is 88.1 Å². The predicted molar refractivity (Wildman–Crippen MR) is 127 cm³/mol. The highest BCUT2D eigenvalue weighted by atomic mass is 35.5. The van der Waals surface area contributed by atoms with Crippen molar-refractivity contribution in [3.05, 3.63) is 89.2 Å². The number of carbonyl (C=O) groups is 1. The molecule has 0 aliphatic heterocycles. The van der Waals surface area contributed by atoms with Crippen LogP contribution in [0.2, 0.25) is 5.02 Å². The number of ether oxygens (including phenoxy) is 1. The number of carbonyl (C=O) groups excluding carboxylic acids is 1. The van der Waals surface area contributed by atoms with Crippen LogP contribution in [-0.4, -0.2) is 32.8 Å². The zero-order valence-corrected chi connectivity index (χ0v) is 19.3. The lowest BCUT2D eigenvalue weighted by Crippen LogP contribution is -2.46. The third-order valence-electron chi connectivity index (χ3n) is 4.53. The minimum absolute atomic E-state index is 0.00101. The van der Waals surface area contributed by atoms with E-state index in [-0.39, 0.29) is 16.3 Å². The van der Waals surface area contributed by atoms with Crippen molar-refractivity contribution in [2.45, 2.75) is 13.0 Å². The zero-order chi connectivity index (χ0) is 24.0. The molecule has 10 heteroatoms. The van der Waals surface area contributed by atoms with Crippen LogP contribution >= 0.6 is 11.6 Å². The number of sulfonamides is 1. The van der Waals surface area contributed by atoms with Gasteiger partial charge in [-0.3, -0.25) is 9.10 Å². The minimum atomic E-state index is -3.83. The lowest BCUT2D eigenvalue weighted by Gasteiger charge is -2.27. The molecule has 1 amide bonds. The quantitative estimate of drug-likeness (QED) is 0.370. The third kappa shape index (κ3) is 6.30. The van der Waals surface area contributed by atoms with E-state index < -0.39 is 27.8 Å². The molecule has 0 saturated carbocycles. The first-order chi connectivity index (χ1) is 15.7. The van der Waals surface area contributed by atoms with Gasteiger partial charge in [-0.05, 0) is 55.5 Å². The fraction of sp³-hybridized carbons (Fsp3) is 0.130. The van der Waals surface area contributed by atoms with Crippen molar-refractivity contribution in [1.82, 2.24) is 5.43 Å². The Hall–Kier alpha value is -3.43. The number of hydrogen-bond acceptors (Lipinski definition) is 5. The number of nitrogens with one attached hydrogen (secondary N) is 1. The number of rotatable bonds is 8. The molecule has 0 spiro atoms. The first kappa shape index (κ1) is 24.2. The summed E-state index contributed by atoms with van der Waals surface area (Å²) in [5, 5.41) is 3.83. The molecule has 0 fully saturated rings. The molecule has 0 aliphatic carbocycles. The lowest BCUT2D eigenvalue weighted by atomic mass is 10.2. The van der Waals surface area contributed by atoms with E-state index in [1.807, 2.05) is 18.2 Å². The Morgan fingerprint density at radius 3 is 2.30 bits per heavy atom. The second-order valence-electron chi connectivity index (χ2n) is 7.01. The second-order valence-corrected chi connectivity index (χ2v) is 9.28. The van der Waals surface area contributed by atoms with Gasteiger partial charge in [0.05, 0.1) is 23.2 Å². The van der Waals surface area contributed by atoms with Crippen LogP contribution in [0.4, 0.5) is 10.1 Å². The second kappa shape index (κ2) is 10.5. The Kier molecular flexibility index (Phi) is 7.67. The summed E-state index contributed by atoms with van der Waals surface area (Å²) in [6, 6.07) is 18.4. The van der Waals surface area contributed by atoms with Crippen LogP contribution in [0, 0.1) is 5.82 Å². The van der Waals surface area contributed by atoms with Gasteiger partial charge >= 0.3 is 0 Å². The molecule has 7 nitrogen and oxygen atoms in total. The van der Waals surface area contributed by atoms with Gasteiger partial charge in [0.25, 0.3) is 5.91 Å². The van der Waals surface area contributed by atoms with Crippen LogP contribution in [0.1, 0.15) is 12.5 Å². The number of para-hydroxylation sites is 1. The number of halogens is 2. The lowest BCUT2D eigenvalue weighted by molar-refractivity contribution is -0.121. The van der Waals surface area contributed by atoms with Gasteiger partial charge < -0.3 is 4.74 Å². The third-order valence-corrected chi connectivity index (χ3v) is 6.10. The Bertz CT molecular complexity index is 1230. The molecule has 0 aliphatic rings. The molecule has 1 atom stereocenters. The smallest absolute Gasteiger partial charge is 0.263 e. The molecule has 0 saturated heterocycles. The Balaban J connectivity index is 1.75. The van der Waals surface area contributed by atoms with Crippen LogP contribution in [0.3, 0.4) is 0 Å². The van der Waals surface area contributed by atoms with Gasteiger partial charge in [0.2, 0.25) is 10.0 Å². The van der Waals surface area contributed by atoms with E-state index in [0.29, 0.717) is 11.5 Å². The molecule has 0 bridgehead atoms. The summed E-state index contributed by atoms with van der Waals surface area (Å²) in [5.74, 6) is -0.189. The summed E-state index contributed by atoms with van der Waals surface area (Å²) in [4.78, 5) is 12.6. The number of nitrogens with zero attached hydrogens (tertiary/aromatic N) is 2. The van der Waals surface area contributed by atoms with Gasteiger partial charge in [0.1, 0.15) is 23.4 Å². The van der Waals surface area contributed by atoms with E-state index in [2.05, 4.69) is 10.5 Å². The van der Waals surface area contributed by atoms with Crippen molar-refractivity contribution in [2.24, 2.45) is 5.10 Å². The van der Waals surface area contributed by atoms with E-state index in [4.69, 9.17) is 16.3 Å². The predicted octanol–water partition coefficient (Wildman–Crippen LogP) is 4.58. The van der Waals surface area contributed by atoms with Crippen LogP contribution in [0.25, 0.3) is 0 Å². The van der Waals surface area contributed by atoms with E-state index >= 15 is 0 Å². The fourth-order valence-corrected chi connectivity index (χ4v) is 4.37. The van der Waals surface area contributed by atoms with Crippen molar-refractivity contribution in [1.29, 1.82) is 0 Å². The first-order valence-corrected chi connectivity index (χ1v) is 12.0. The van der Waals surface area contributed by atoms with E-state index in [1.165, 1.54) is 37.3 Å². The zero-order valence-electron chi connectivity index (χ0n) is 17.8. The van der Waals surface area contributed by atoms with Gasteiger partial charge in [-0.2, -0.15) is 5.10 Å². The maximum absolute atomic E-state index is 13.8. The van der Waals surface area contributed by atoms with Crippen LogP contribution in [0.15, 0.2) is 77.9 Å². The summed E-state index contributed by atoms with van der Waals surface area (Å²) < 4.78 is 45.4. The molecule has 0 aromatic heterocycles. The summed E-state index contributed by atoms with van der Waals surface area (Å²) >= 11 is 5.92. The highest BCUT2D eigenvalue weighted by molar-refractivity contribution is 7.92. The van der Waals surface area contributed by atoms with Crippen molar-refractivity contribution in [3.8, 4) is 11.5 Å². The maximum Gasteiger partial charge on any atom is 0.263 e. The number of anilines is 1. The largest absolute Gasteiger partial charge is 0.457 e. The maximum atomic E-state index is 13.8. The van der Waals surface area contributed by atoms with Crippen molar-refractivity contribution in [3.63, 3.8) is 0 Å². The van der Waals surface area contributed by atoms with Gasteiger partial charge in [-0.25, -0.2) is 18.2 Å². The molecule has 3 aromatic carbocycles. The molecular formula is C23H21ClFN3O4S. The summed E-state index contributed by atoms with van der Waals surface area (Å²) in [5.41, 5.74) is 2.49. The average molecular weight is 490 g/mol. The molecule has 33 heavy (non-hydrogen) atoms. The van der Waals surface area contributed by atoms with E-state index in [1.54, 1.807) is 24.3 Å². The number of benzene rings is 3. The average Bonchev–Trinajstić information content (AvgIpc) is 2.77. The molecule has 1 N–H and O–H groups in total. The Morgan fingerprint density at radius 1 is 1.06 bits per heavy atom. The molecule has 0 unspecified atom stereocenters. The number of hydrazone groups is 1. The number of amides is 1. The van der Waals surface area contributed by atoms with Gasteiger partial charge in [0, 0.05) is 5.56 Å². The Morgan fingerprint density at radius 2 is 1.70 bits per heavy atom. The van der Waals surface area contributed by atoms with Gasteiger partial charge in [-0.15, -0.1) is 0 Å². The van der Waals surface area contributed by atoms with E-state index in [9.17, 15) is 17.6 Å². The van der Waals surface area contributed by atoms with E-state index in [0.717, 1.165) is 16.8 Å². The summed E-state index contributed by atoms with van der Waals surface area (Å²) in [6.07, 6.45) is 2.05. The molecular weight excluding hydrogens is 469 g/mol. The minimum Gasteiger partial charge on any atom is -0.457 e. The normalized spacial score (nSPS) is 12.4. The standard InChI is InChI=1S/C23H21ClFN3O4S/c1-16(23(29)27-26-15-20-21(24)9-6-10-22(20)25)28(33(2,30)31)17-11-13-19(14-12-17)32-18-7-4-3-5-8-18/h3-16H,1-2H3,(H,27,29)/b26-15-/t16-/m1/s1. The van der Waals surface area contributed by atoms with Gasteiger partial charge in [-0.1, -0.05) is 35.9 Å². The highest BCUT2D eigenvalue weighted by Crippen LogP contribution is 2.27. The van der Waals surface area contributed by atoms with Crippen LogP contribution < -0.4 is 14.5 Å². The monoisotopic (exact) mass is 489 g/mol. The molecule has 0 heterocycles. The molecule has 3 aromatic rings. The molecule has 0 radical (unpaired) electrons. The summed E-state index contributed by atoms with van der Waals surface area (Å²) in [7, 11) is -3.83. The fourth-order valence-electron chi connectivity index (χ4n) is 2.98. The first-order valence-electron chi connectivity index (χ1n) is 9.76. The molecule has 172 valence electrons. The van der Waals surface area contributed by atoms with Crippen LogP contribution in [0.5, 0.6) is 11.5 Å². The summed E-state index contributed by atoms with van der Waals surface area (Å²) in [6.45, 7) is 1.41. The van der Waals surface area contributed by atoms with Gasteiger partial charge in [0.15, 0.2) is 0 Å². The highest BCUT2D eigenvalue weighted by Gasteiger charge is 2.29. The van der Waals surface area contributed by atoms with Crippen molar-refractivity contribution < 1.29 is 22.3 Å². The molecule has 3 rings (SSSR count). The number of hydrogen-bond donors (Lipinski definition) is 1.